The number of hydrogen-bond acceptors (Lipinski definition) is 5. The van der Waals surface area contributed by atoms with Crippen LogP contribution in [0.15, 0.2) is 18.2 Å². The second-order valence-electron chi connectivity index (χ2n) is 7.54. The largest absolute Gasteiger partial charge is 0.508 e. The highest BCUT2D eigenvalue weighted by Gasteiger charge is 2.32. The van der Waals surface area contributed by atoms with Crippen LogP contribution >= 0.6 is 0 Å². The van der Waals surface area contributed by atoms with E-state index in [0.29, 0.717) is 30.9 Å². The number of methoxy groups -OCH3 is 1. The van der Waals surface area contributed by atoms with Crippen molar-refractivity contribution in [1.82, 2.24) is 9.80 Å². The fourth-order valence-corrected chi connectivity index (χ4v) is 2.99. The van der Waals surface area contributed by atoms with Crippen LogP contribution in [0.25, 0.3) is 0 Å². The number of phenols is 1. The molecule has 2 amide bonds. The minimum absolute atomic E-state index is 0.0646. The Morgan fingerprint density at radius 2 is 1.96 bits per heavy atom. The van der Waals surface area contributed by atoms with E-state index in [1.807, 2.05) is 27.7 Å². The monoisotopic (exact) mass is 364 g/mol. The van der Waals surface area contributed by atoms with Crippen molar-refractivity contribution in [3.8, 4) is 11.5 Å². The Bertz CT molecular complexity index is 668. The quantitative estimate of drug-likeness (QED) is 0.891. The molecule has 7 heteroatoms. The van der Waals surface area contributed by atoms with Gasteiger partial charge in [0.1, 0.15) is 17.1 Å². The van der Waals surface area contributed by atoms with Crippen LogP contribution in [0.5, 0.6) is 11.5 Å². The SMILES string of the molecule is COc1ccc(O)cc1CC(=O)N1CCN(C(=O)OC(C)(C)C)C[C@H]1C. The molecule has 1 aromatic rings. The lowest BCUT2D eigenvalue weighted by Crippen LogP contribution is -2.56. The summed E-state index contributed by atoms with van der Waals surface area (Å²) in [5, 5.41) is 9.66. The lowest BCUT2D eigenvalue weighted by molar-refractivity contribution is -0.134. The van der Waals surface area contributed by atoms with Gasteiger partial charge in [0.15, 0.2) is 0 Å². The fraction of sp³-hybridized carbons (Fsp3) is 0.579. The van der Waals surface area contributed by atoms with Crippen LogP contribution in [0.3, 0.4) is 0 Å². The third kappa shape index (κ3) is 5.03. The molecular weight excluding hydrogens is 336 g/mol. The van der Waals surface area contributed by atoms with Gasteiger partial charge in [0.2, 0.25) is 5.91 Å². The first kappa shape index (κ1) is 19.9. The van der Waals surface area contributed by atoms with Gasteiger partial charge in [-0.1, -0.05) is 0 Å². The van der Waals surface area contributed by atoms with Gasteiger partial charge in [-0.25, -0.2) is 4.79 Å². The van der Waals surface area contributed by atoms with Crippen LogP contribution < -0.4 is 4.74 Å². The van der Waals surface area contributed by atoms with Crippen LogP contribution in [0, 0.1) is 0 Å². The lowest BCUT2D eigenvalue weighted by atomic mass is 10.1. The van der Waals surface area contributed by atoms with Gasteiger partial charge in [0, 0.05) is 31.2 Å². The highest BCUT2D eigenvalue weighted by Crippen LogP contribution is 2.25. The van der Waals surface area contributed by atoms with Crippen molar-refractivity contribution in [3.63, 3.8) is 0 Å². The number of nitrogens with zero attached hydrogens (tertiary/aromatic N) is 2. The Morgan fingerprint density at radius 3 is 2.54 bits per heavy atom. The minimum Gasteiger partial charge on any atom is -0.508 e. The summed E-state index contributed by atoms with van der Waals surface area (Å²) in [6.45, 7) is 8.71. The van der Waals surface area contributed by atoms with Gasteiger partial charge < -0.3 is 24.4 Å². The predicted octanol–water partition coefficient (Wildman–Crippen LogP) is 2.41. The molecule has 26 heavy (non-hydrogen) atoms. The molecule has 1 saturated heterocycles. The number of aromatic hydroxyl groups is 1. The molecule has 2 rings (SSSR count). The van der Waals surface area contributed by atoms with E-state index in [1.165, 1.54) is 13.2 Å². The zero-order chi connectivity index (χ0) is 19.5. The first-order valence-corrected chi connectivity index (χ1v) is 8.74. The van der Waals surface area contributed by atoms with Crippen molar-refractivity contribution >= 4 is 12.0 Å². The lowest BCUT2D eigenvalue weighted by Gasteiger charge is -2.40. The summed E-state index contributed by atoms with van der Waals surface area (Å²) < 4.78 is 10.7. The fourth-order valence-electron chi connectivity index (χ4n) is 2.99. The summed E-state index contributed by atoms with van der Waals surface area (Å²) in [7, 11) is 1.53. The maximum absolute atomic E-state index is 12.7. The number of benzene rings is 1. The second kappa shape index (κ2) is 7.85. The summed E-state index contributed by atoms with van der Waals surface area (Å²) in [4.78, 5) is 28.3. The Labute approximate surface area is 154 Å². The molecule has 0 saturated carbocycles. The molecule has 0 aliphatic carbocycles. The maximum Gasteiger partial charge on any atom is 0.410 e. The topological polar surface area (TPSA) is 79.3 Å². The van der Waals surface area contributed by atoms with E-state index in [-0.39, 0.29) is 30.2 Å². The van der Waals surface area contributed by atoms with Crippen LogP contribution in [-0.2, 0) is 16.0 Å². The van der Waals surface area contributed by atoms with Crippen molar-refractivity contribution in [2.24, 2.45) is 0 Å². The molecule has 1 atom stereocenters. The summed E-state index contributed by atoms with van der Waals surface area (Å²) in [5.41, 5.74) is 0.0957. The van der Waals surface area contributed by atoms with E-state index in [0.717, 1.165) is 0 Å². The predicted molar refractivity (Wildman–Crippen MR) is 97.3 cm³/mol. The van der Waals surface area contributed by atoms with E-state index in [9.17, 15) is 14.7 Å². The van der Waals surface area contributed by atoms with Gasteiger partial charge >= 0.3 is 6.09 Å². The third-order valence-corrected chi connectivity index (χ3v) is 4.21. The van der Waals surface area contributed by atoms with E-state index in [1.54, 1.807) is 21.9 Å². The molecule has 1 heterocycles. The molecule has 0 unspecified atom stereocenters. The molecule has 0 radical (unpaired) electrons. The van der Waals surface area contributed by atoms with E-state index >= 15 is 0 Å². The first-order chi connectivity index (χ1) is 12.1. The summed E-state index contributed by atoms with van der Waals surface area (Å²) in [6.07, 6.45) is -0.222. The van der Waals surface area contributed by atoms with Gasteiger partial charge in [0.05, 0.1) is 13.5 Å². The molecule has 7 nitrogen and oxygen atoms in total. The van der Waals surface area contributed by atoms with Crippen LogP contribution in [0.4, 0.5) is 4.79 Å². The van der Waals surface area contributed by atoms with E-state index < -0.39 is 5.60 Å². The molecule has 1 fully saturated rings. The van der Waals surface area contributed by atoms with Crippen molar-refractivity contribution in [3.05, 3.63) is 23.8 Å². The summed E-state index contributed by atoms with van der Waals surface area (Å²) in [5.74, 6) is 0.595. The van der Waals surface area contributed by atoms with Gasteiger partial charge in [-0.05, 0) is 45.9 Å². The maximum atomic E-state index is 12.7. The number of rotatable bonds is 3. The standard InChI is InChI=1S/C19H28N2O5/c1-13-12-20(18(24)26-19(2,3)4)8-9-21(13)17(23)11-14-10-15(22)6-7-16(14)25-5/h6-7,10,13,22H,8-9,11-12H2,1-5H3/t13-/m1/s1. The second-order valence-corrected chi connectivity index (χ2v) is 7.54. The molecule has 1 aliphatic rings. The van der Waals surface area contributed by atoms with Crippen molar-refractivity contribution < 1.29 is 24.2 Å². The molecule has 1 aliphatic heterocycles. The molecule has 144 valence electrons. The van der Waals surface area contributed by atoms with Crippen LogP contribution in [0.1, 0.15) is 33.3 Å². The number of amides is 2. The average Bonchev–Trinajstić information content (AvgIpc) is 2.53. The number of carbonyl (C=O) groups is 2. The zero-order valence-electron chi connectivity index (χ0n) is 16.1. The Hall–Kier alpha value is -2.44. The first-order valence-electron chi connectivity index (χ1n) is 8.74. The molecule has 1 aromatic carbocycles. The normalized spacial score (nSPS) is 17.8. The summed E-state index contributed by atoms with van der Waals surface area (Å²) in [6, 6.07) is 4.59. The molecule has 1 N–H and O–H groups in total. The minimum atomic E-state index is -0.543. The Balaban J connectivity index is 2.00. The smallest absolute Gasteiger partial charge is 0.410 e. The van der Waals surface area contributed by atoms with Crippen molar-refractivity contribution in [1.29, 1.82) is 0 Å². The zero-order valence-corrected chi connectivity index (χ0v) is 16.1. The number of ether oxygens (including phenoxy) is 2. The molecule has 0 bridgehead atoms. The number of carbonyl (C=O) groups excluding carboxylic acids is 2. The highest BCUT2D eigenvalue weighted by atomic mass is 16.6. The number of piperazine rings is 1. The molecule has 0 aromatic heterocycles. The van der Waals surface area contributed by atoms with E-state index in [4.69, 9.17) is 9.47 Å². The van der Waals surface area contributed by atoms with Gasteiger partial charge in [-0.15, -0.1) is 0 Å². The Kier molecular flexibility index (Phi) is 6.00. The average molecular weight is 364 g/mol. The van der Waals surface area contributed by atoms with Crippen molar-refractivity contribution in [2.45, 2.75) is 45.8 Å². The number of phenolic OH excluding ortho intramolecular Hbond substituents is 1. The Morgan fingerprint density at radius 1 is 1.27 bits per heavy atom. The van der Waals surface area contributed by atoms with Gasteiger partial charge in [-0.3, -0.25) is 4.79 Å². The number of hydrogen-bond donors (Lipinski definition) is 1. The van der Waals surface area contributed by atoms with Gasteiger partial charge in [0.25, 0.3) is 0 Å². The van der Waals surface area contributed by atoms with E-state index in [2.05, 4.69) is 0 Å². The van der Waals surface area contributed by atoms with Gasteiger partial charge in [-0.2, -0.15) is 0 Å². The highest BCUT2D eigenvalue weighted by molar-refractivity contribution is 5.80. The summed E-state index contributed by atoms with van der Waals surface area (Å²) >= 11 is 0. The molecular formula is C19H28N2O5. The molecule has 0 spiro atoms. The van der Waals surface area contributed by atoms with Crippen LogP contribution in [-0.4, -0.2) is 65.3 Å². The third-order valence-electron chi connectivity index (χ3n) is 4.21. The van der Waals surface area contributed by atoms with Crippen molar-refractivity contribution in [2.75, 3.05) is 26.7 Å². The van der Waals surface area contributed by atoms with Crippen LogP contribution in [0.2, 0.25) is 0 Å².